The molecule has 1 aromatic carbocycles. The van der Waals surface area contributed by atoms with E-state index in [0.717, 1.165) is 0 Å². The fraction of sp³-hybridized carbons (Fsp3) is 0.154. The van der Waals surface area contributed by atoms with Gasteiger partial charge in [-0.3, -0.25) is 0 Å². The third-order valence-corrected chi connectivity index (χ3v) is 3.74. The number of thioether (sulfide) groups is 1. The van der Waals surface area contributed by atoms with E-state index in [1.54, 1.807) is 6.07 Å². The number of nitrogens with one attached hydrogen (secondary N) is 1. The number of fused-ring (bicyclic) bond motifs is 1. The van der Waals surface area contributed by atoms with E-state index in [0.29, 0.717) is 16.7 Å². The third kappa shape index (κ3) is 2.35. The first-order chi connectivity index (χ1) is 10.5. The van der Waals surface area contributed by atoms with Crippen LogP contribution in [0.1, 0.15) is 11.6 Å². The van der Waals surface area contributed by atoms with Crippen LogP contribution < -0.4 is 5.32 Å². The van der Waals surface area contributed by atoms with Crippen LogP contribution in [0.15, 0.2) is 35.1 Å². The maximum atomic E-state index is 11.3. The lowest BCUT2D eigenvalue weighted by atomic mass is 10.0. The summed E-state index contributed by atoms with van der Waals surface area (Å²) in [5, 5.41) is 35.8. The molecule has 2 aromatic rings. The summed E-state index contributed by atoms with van der Waals surface area (Å²) in [6.07, 6.45) is 3.29. The van der Waals surface area contributed by atoms with Gasteiger partial charge in [-0.05, 0) is 30.0 Å². The lowest BCUT2D eigenvalue weighted by Gasteiger charge is -2.22. The summed E-state index contributed by atoms with van der Waals surface area (Å²) in [7, 11) is 0. The predicted molar refractivity (Wildman–Crippen MR) is 79.1 cm³/mol. The second kappa shape index (κ2) is 5.26. The van der Waals surface area contributed by atoms with Crippen molar-refractivity contribution in [2.24, 2.45) is 0 Å². The fourth-order valence-electron chi connectivity index (χ4n) is 2.15. The van der Waals surface area contributed by atoms with Crippen molar-refractivity contribution in [3.05, 3.63) is 35.5 Å². The van der Waals surface area contributed by atoms with Gasteiger partial charge in [0, 0.05) is 0 Å². The minimum Gasteiger partial charge on any atom is -0.504 e. The summed E-state index contributed by atoms with van der Waals surface area (Å²) < 4.78 is 1.53. The van der Waals surface area contributed by atoms with Crippen molar-refractivity contribution in [3.63, 3.8) is 0 Å². The van der Waals surface area contributed by atoms with Crippen molar-refractivity contribution >= 4 is 23.7 Å². The minimum atomic E-state index is -1.12. The van der Waals surface area contributed by atoms with Crippen LogP contribution in [0.5, 0.6) is 11.5 Å². The van der Waals surface area contributed by atoms with Gasteiger partial charge < -0.3 is 20.6 Å². The Morgan fingerprint density at radius 3 is 2.77 bits per heavy atom. The molecule has 0 bridgehead atoms. The molecule has 3 rings (SSSR count). The van der Waals surface area contributed by atoms with Crippen LogP contribution in [0, 0.1) is 0 Å². The number of aromatic hydroxyl groups is 2. The number of carboxylic acids is 1. The van der Waals surface area contributed by atoms with Crippen LogP contribution in [-0.2, 0) is 4.79 Å². The van der Waals surface area contributed by atoms with Gasteiger partial charge in [-0.25, -0.2) is 9.48 Å². The molecule has 22 heavy (non-hydrogen) atoms. The number of allylic oxidation sites excluding steroid dienone is 1. The Hall–Kier alpha value is -2.68. The van der Waals surface area contributed by atoms with Crippen molar-refractivity contribution in [1.82, 2.24) is 14.8 Å². The Kier molecular flexibility index (Phi) is 3.41. The van der Waals surface area contributed by atoms with E-state index < -0.39 is 12.0 Å². The summed E-state index contributed by atoms with van der Waals surface area (Å²) in [6, 6.07) is 3.74. The van der Waals surface area contributed by atoms with Crippen LogP contribution in [0.4, 0.5) is 5.95 Å². The summed E-state index contributed by atoms with van der Waals surface area (Å²) in [6.45, 7) is 0. The number of carbonyl (C=O) groups is 1. The zero-order valence-corrected chi connectivity index (χ0v) is 12.2. The lowest BCUT2D eigenvalue weighted by molar-refractivity contribution is -0.132. The molecule has 0 radical (unpaired) electrons. The number of phenols is 2. The lowest BCUT2D eigenvalue weighted by Crippen LogP contribution is -2.24. The molecule has 1 aliphatic heterocycles. The standard InChI is InChI=1S/C13H12N4O4S/c1-22-13-15-12-14-7(11(20)21)5-8(17(12)16-13)6-2-3-9(18)10(19)4-6/h2-5,8,18-19H,1H3,(H,20,21)(H,14,15,16). The molecule has 0 saturated heterocycles. The van der Waals surface area contributed by atoms with Gasteiger partial charge >= 0.3 is 5.97 Å². The van der Waals surface area contributed by atoms with Crippen LogP contribution in [0.25, 0.3) is 0 Å². The molecule has 0 aliphatic carbocycles. The van der Waals surface area contributed by atoms with Crippen molar-refractivity contribution in [2.75, 3.05) is 11.6 Å². The average molecular weight is 320 g/mol. The van der Waals surface area contributed by atoms with Gasteiger partial charge in [-0.2, -0.15) is 4.98 Å². The molecular formula is C13H12N4O4S. The molecular weight excluding hydrogens is 308 g/mol. The molecule has 9 heteroatoms. The van der Waals surface area contributed by atoms with E-state index in [1.165, 1.54) is 34.7 Å². The van der Waals surface area contributed by atoms with E-state index >= 15 is 0 Å². The highest BCUT2D eigenvalue weighted by Crippen LogP contribution is 2.34. The number of benzene rings is 1. The van der Waals surface area contributed by atoms with Gasteiger partial charge in [-0.1, -0.05) is 17.8 Å². The maximum absolute atomic E-state index is 11.3. The second-order valence-electron chi connectivity index (χ2n) is 4.57. The van der Waals surface area contributed by atoms with Crippen molar-refractivity contribution in [2.45, 2.75) is 11.2 Å². The van der Waals surface area contributed by atoms with Gasteiger partial charge in [0.1, 0.15) is 11.7 Å². The van der Waals surface area contributed by atoms with Crippen LogP contribution in [0.2, 0.25) is 0 Å². The Bertz CT molecular complexity index is 786. The summed E-state index contributed by atoms with van der Waals surface area (Å²) in [4.78, 5) is 15.5. The Labute approximate surface area is 129 Å². The molecule has 1 atom stereocenters. The summed E-state index contributed by atoms with van der Waals surface area (Å²) >= 11 is 1.33. The molecule has 0 saturated carbocycles. The first-order valence-electron chi connectivity index (χ1n) is 6.24. The van der Waals surface area contributed by atoms with Crippen molar-refractivity contribution in [1.29, 1.82) is 0 Å². The van der Waals surface area contributed by atoms with Gasteiger partial charge in [-0.15, -0.1) is 5.10 Å². The first kappa shape index (κ1) is 14.3. The number of anilines is 1. The summed E-state index contributed by atoms with van der Waals surface area (Å²) in [5.41, 5.74) is 0.555. The highest BCUT2D eigenvalue weighted by Gasteiger charge is 2.27. The number of rotatable bonds is 3. The van der Waals surface area contributed by atoms with Gasteiger partial charge in [0.2, 0.25) is 11.1 Å². The number of hydrogen-bond acceptors (Lipinski definition) is 7. The van der Waals surface area contributed by atoms with E-state index in [-0.39, 0.29) is 17.2 Å². The van der Waals surface area contributed by atoms with E-state index in [4.69, 9.17) is 0 Å². The van der Waals surface area contributed by atoms with E-state index in [9.17, 15) is 20.1 Å². The second-order valence-corrected chi connectivity index (χ2v) is 5.34. The summed E-state index contributed by atoms with van der Waals surface area (Å²) in [5.74, 6) is -1.34. The number of aliphatic carboxylic acids is 1. The van der Waals surface area contributed by atoms with E-state index in [2.05, 4.69) is 15.4 Å². The monoisotopic (exact) mass is 320 g/mol. The fourth-order valence-corrected chi connectivity index (χ4v) is 2.49. The van der Waals surface area contributed by atoms with Gasteiger partial charge in [0.05, 0.1) is 0 Å². The molecule has 1 aliphatic rings. The largest absolute Gasteiger partial charge is 0.504 e. The zero-order chi connectivity index (χ0) is 15.9. The Balaban J connectivity index is 2.13. The highest BCUT2D eigenvalue weighted by molar-refractivity contribution is 7.98. The Morgan fingerprint density at radius 1 is 1.36 bits per heavy atom. The minimum absolute atomic E-state index is 0.0230. The normalized spacial score (nSPS) is 16.6. The molecule has 114 valence electrons. The molecule has 2 heterocycles. The molecule has 1 aromatic heterocycles. The topological polar surface area (TPSA) is 121 Å². The zero-order valence-electron chi connectivity index (χ0n) is 11.4. The molecule has 1 unspecified atom stereocenters. The van der Waals surface area contributed by atoms with Crippen molar-refractivity contribution in [3.8, 4) is 11.5 Å². The quantitative estimate of drug-likeness (QED) is 0.495. The smallest absolute Gasteiger partial charge is 0.352 e. The van der Waals surface area contributed by atoms with Gasteiger partial charge in [0.15, 0.2) is 11.5 Å². The third-order valence-electron chi connectivity index (χ3n) is 3.20. The maximum Gasteiger partial charge on any atom is 0.352 e. The van der Waals surface area contributed by atoms with E-state index in [1.807, 2.05) is 6.26 Å². The number of nitrogens with zero attached hydrogens (tertiary/aromatic N) is 3. The number of phenolic OH excluding ortho intramolecular Hbond substituents is 2. The Morgan fingerprint density at radius 2 is 2.14 bits per heavy atom. The molecule has 0 spiro atoms. The average Bonchev–Trinajstić information content (AvgIpc) is 2.92. The molecule has 0 fully saturated rings. The van der Waals surface area contributed by atoms with Crippen molar-refractivity contribution < 1.29 is 20.1 Å². The van der Waals surface area contributed by atoms with Crippen LogP contribution in [0.3, 0.4) is 0 Å². The van der Waals surface area contributed by atoms with Crippen LogP contribution >= 0.6 is 11.8 Å². The SMILES string of the molecule is CSc1nc2n(n1)C(c1ccc(O)c(O)c1)C=C(C(=O)O)N2. The number of hydrogen-bond donors (Lipinski definition) is 4. The predicted octanol–water partition coefficient (Wildman–Crippen LogP) is 1.39. The highest BCUT2D eigenvalue weighted by atomic mass is 32.2. The number of aromatic nitrogens is 3. The molecule has 8 nitrogen and oxygen atoms in total. The number of carboxylic acid groups (broad SMARTS) is 1. The molecule has 0 amide bonds. The molecule has 4 N–H and O–H groups in total. The first-order valence-corrected chi connectivity index (χ1v) is 7.46. The van der Waals surface area contributed by atoms with Gasteiger partial charge in [0.25, 0.3) is 0 Å². The van der Waals surface area contributed by atoms with Crippen LogP contribution in [-0.4, -0.2) is 42.3 Å².